The Kier molecular flexibility index (Phi) is 3.95. The van der Waals surface area contributed by atoms with Crippen molar-refractivity contribution >= 4 is 27.3 Å². The van der Waals surface area contributed by atoms with Gasteiger partial charge in [0.05, 0.1) is 11.1 Å². The summed E-state index contributed by atoms with van der Waals surface area (Å²) in [7, 11) is 0. The van der Waals surface area contributed by atoms with Crippen LogP contribution < -0.4 is 10.5 Å². The Hall–Kier alpha value is -3.12. The van der Waals surface area contributed by atoms with Gasteiger partial charge < -0.3 is 14.9 Å². The lowest BCUT2D eigenvalue weighted by atomic mass is 10.1. The smallest absolute Gasteiger partial charge is 0.240 e. The molecule has 4 rings (SSSR count). The van der Waals surface area contributed by atoms with E-state index >= 15 is 0 Å². The summed E-state index contributed by atoms with van der Waals surface area (Å²) in [6.07, 6.45) is 2.68. The summed E-state index contributed by atoms with van der Waals surface area (Å²) < 4.78 is 12.8. The molecular weight excluding hydrogens is 334 g/mol. The van der Waals surface area contributed by atoms with Crippen LogP contribution >= 0.6 is 11.3 Å². The molecule has 1 unspecified atom stereocenters. The van der Waals surface area contributed by atoms with Gasteiger partial charge in [-0.15, -0.1) is 11.3 Å². The molecule has 124 valence electrons. The summed E-state index contributed by atoms with van der Waals surface area (Å²) in [5.74, 6) is 1.25. The van der Waals surface area contributed by atoms with E-state index < -0.39 is 6.10 Å². The number of thiophene rings is 1. The number of ether oxygens (including phenoxy) is 1. The number of nitrogens with two attached hydrogens (primary N) is 1. The highest BCUT2D eigenvalue weighted by Crippen LogP contribution is 2.36. The average Bonchev–Trinajstić information content (AvgIpc) is 3.30. The highest BCUT2D eigenvalue weighted by molar-refractivity contribution is 7.20. The highest BCUT2D eigenvalue weighted by atomic mass is 32.1. The van der Waals surface area contributed by atoms with Gasteiger partial charge in [0.1, 0.15) is 17.8 Å². The Labute approximate surface area is 148 Å². The number of nitrogen functional groups attached to an aromatic ring is 1. The molecule has 5 nitrogen and oxygen atoms in total. The predicted octanol–water partition coefficient (Wildman–Crippen LogP) is 4.34. The zero-order valence-electron chi connectivity index (χ0n) is 13.2. The molecule has 2 aromatic carbocycles. The van der Waals surface area contributed by atoms with Crippen LogP contribution in [0.15, 0.2) is 71.5 Å². The maximum Gasteiger partial charge on any atom is 0.240 e. The number of hydrogen-bond donors (Lipinski definition) is 2. The number of rotatable bonds is 5. The highest BCUT2D eigenvalue weighted by Gasteiger charge is 2.22. The Morgan fingerprint density at radius 2 is 2.00 bits per heavy atom. The number of nitrogens with one attached hydrogen (secondary N) is 1. The summed E-state index contributed by atoms with van der Waals surface area (Å²) in [6.45, 7) is 0. The van der Waals surface area contributed by atoms with Gasteiger partial charge in [-0.05, 0) is 18.2 Å². The fourth-order valence-corrected chi connectivity index (χ4v) is 3.59. The molecule has 2 aromatic heterocycles. The Morgan fingerprint density at radius 1 is 1.16 bits per heavy atom. The van der Waals surface area contributed by atoms with E-state index in [2.05, 4.69) is 4.98 Å². The van der Waals surface area contributed by atoms with E-state index in [1.165, 1.54) is 17.6 Å². The molecule has 1 atom stereocenters. The first kappa shape index (κ1) is 15.4. The van der Waals surface area contributed by atoms with E-state index in [4.69, 9.17) is 20.3 Å². The van der Waals surface area contributed by atoms with Crippen molar-refractivity contribution in [3.05, 3.63) is 83.4 Å². The van der Waals surface area contributed by atoms with E-state index in [1.54, 1.807) is 6.20 Å². The van der Waals surface area contributed by atoms with Crippen molar-refractivity contribution < 1.29 is 9.15 Å². The van der Waals surface area contributed by atoms with Crippen LogP contribution in [0.3, 0.4) is 0 Å². The molecule has 0 spiro atoms. The number of fused-ring (bicyclic) bond motifs is 1. The minimum Gasteiger partial charge on any atom is -0.475 e. The van der Waals surface area contributed by atoms with Gasteiger partial charge in [0.25, 0.3) is 0 Å². The molecule has 0 bridgehead atoms. The third-order valence-corrected chi connectivity index (χ3v) is 4.94. The van der Waals surface area contributed by atoms with Crippen molar-refractivity contribution in [2.45, 2.75) is 6.10 Å². The Balaban J connectivity index is 1.78. The number of nitrogens with zero attached hydrogens (tertiary/aromatic N) is 1. The first-order valence-electron chi connectivity index (χ1n) is 7.70. The molecule has 2 heterocycles. The van der Waals surface area contributed by atoms with Crippen molar-refractivity contribution in [3.8, 4) is 5.75 Å². The molecule has 0 amide bonds. The number of hydrogen-bond acceptors (Lipinski definition) is 5. The van der Waals surface area contributed by atoms with E-state index in [9.17, 15) is 0 Å². The second kappa shape index (κ2) is 6.41. The summed E-state index contributed by atoms with van der Waals surface area (Å²) in [5, 5.41) is 8.57. The van der Waals surface area contributed by atoms with Gasteiger partial charge in [-0.2, -0.15) is 0 Å². The predicted molar refractivity (Wildman–Crippen MR) is 98.3 cm³/mol. The minimum absolute atomic E-state index is 0.0551. The zero-order chi connectivity index (χ0) is 17.2. The summed E-state index contributed by atoms with van der Waals surface area (Å²) in [4.78, 5) is 4.98. The largest absolute Gasteiger partial charge is 0.475 e. The third kappa shape index (κ3) is 2.99. The standard InChI is InChI=1S/C19H15N3O2S/c20-18(21)16-11-13-14(7-4-8-15(13)25-16)24-17(19-22-9-10-23-19)12-5-2-1-3-6-12/h1-11,17H,(H3,20,21). The van der Waals surface area contributed by atoms with E-state index in [0.717, 1.165) is 20.5 Å². The van der Waals surface area contributed by atoms with Gasteiger partial charge >= 0.3 is 0 Å². The van der Waals surface area contributed by atoms with Crippen molar-refractivity contribution in [2.24, 2.45) is 5.73 Å². The topological polar surface area (TPSA) is 85.1 Å². The molecule has 6 heteroatoms. The monoisotopic (exact) mass is 349 g/mol. The van der Waals surface area contributed by atoms with Crippen LogP contribution in [0.4, 0.5) is 0 Å². The van der Waals surface area contributed by atoms with Gasteiger partial charge in [-0.25, -0.2) is 4.98 Å². The molecule has 0 radical (unpaired) electrons. The average molecular weight is 349 g/mol. The normalized spacial score (nSPS) is 12.2. The first-order valence-corrected chi connectivity index (χ1v) is 8.52. The lowest BCUT2D eigenvalue weighted by molar-refractivity contribution is 0.210. The molecule has 4 aromatic rings. The lowest BCUT2D eigenvalue weighted by Gasteiger charge is -2.17. The molecular formula is C19H15N3O2S. The second-order valence-electron chi connectivity index (χ2n) is 5.47. The number of amidine groups is 1. The molecule has 3 N–H and O–H groups in total. The third-order valence-electron chi connectivity index (χ3n) is 3.81. The Bertz CT molecular complexity index is 1010. The van der Waals surface area contributed by atoms with Crippen LogP contribution in [0.2, 0.25) is 0 Å². The van der Waals surface area contributed by atoms with Crippen LogP contribution in [0.5, 0.6) is 5.75 Å². The maximum atomic E-state index is 7.65. The fourth-order valence-electron chi connectivity index (χ4n) is 2.65. The van der Waals surface area contributed by atoms with Crippen LogP contribution in [0.25, 0.3) is 10.1 Å². The van der Waals surface area contributed by atoms with Crippen molar-refractivity contribution in [2.75, 3.05) is 0 Å². The molecule has 0 aliphatic heterocycles. The SMILES string of the molecule is N=C(N)c1cc2c(OC(c3ccccc3)c3ncco3)cccc2s1. The minimum atomic E-state index is -0.456. The van der Waals surface area contributed by atoms with Crippen LogP contribution in [0, 0.1) is 5.41 Å². The molecule has 0 aliphatic rings. The van der Waals surface area contributed by atoms with Crippen molar-refractivity contribution in [1.29, 1.82) is 5.41 Å². The summed E-state index contributed by atoms with van der Waals surface area (Å²) in [5.41, 5.74) is 6.57. The second-order valence-corrected chi connectivity index (χ2v) is 6.55. The van der Waals surface area contributed by atoms with Crippen molar-refractivity contribution in [1.82, 2.24) is 4.98 Å². The Morgan fingerprint density at radius 3 is 2.72 bits per heavy atom. The molecule has 0 saturated carbocycles. The van der Waals surface area contributed by atoms with Gasteiger partial charge in [-0.1, -0.05) is 36.4 Å². The van der Waals surface area contributed by atoms with Gasteiger partial charge in [0, 0.05) is 15.6 Å². The molecule has 0 aliphatic carbocycles. The van der Waals surface area contributed by atoms with Gasteiger partial charge in [-0.3, -0.25) is 5.41 Å². The van der Waals surface area contributed by atoms with Crippen LogP contribution in [-0.2, 0) is 0 Å². The van der Waals surface area contributed by atoms with Crippen molar-refractivity contribution in [3.63, 3.8) is 0 Å². The van der Waals surface area contributed by atoms with E-state index in [-0.39, 0.29) is 5.84 Å². The number of oxazole rings is 1. The van der Waals surface area contributed by atoms with E-state index in [0.29, 0.717) is 11.6 Å². The van der Waals surface area contributed by atoms with Crippen LogP contribution in [-0.4, -0.2) is 10.8 Å². The first-order chi connectivity index (χ1) is 12.2. The van der Waals surface area contributed by atoms with Crippen LogP contribution in [0.1, 0.15) is 22.4 Å². The van der Waals surface area contributed by atoms with Gasteiger partial charge in [0.2, 0.25) is 5.89 Å². The molecule has 0 fully saturated rings. The zero-order valence-corrected chi connectivity index (χ0v) is 14.0. The number of benzene rings is 2. The van der Waals surface area contributed by atoms with E-state index in [1.807, 2.05) is 54.6 Å². The molecule has 25 heavy (non-hydrogen) atoms. The summed E-state index contributed by atoms with van der Waals surface area (Å²) in [6, 6.07) is 17.5. The number of aromatic nitrogens is 1. The molecule has 0 saturated heterocycles. The maximum absolute atomic E-state index is 7.65. The van der Waals surface area contributed by atoms with Gasteiger partial charge in [0.15, 0.2) is 6.10 Å². The fraction of sp³-hybridized carbons (Fsp3) is 0.0526. The lowest BCUT2D eigenvalue weighted by Crippen LogP contribution is -2.10. The summed E-state index contributed by atoms with van der Waals surface area (Å²) >= 11 is 1.47. The quantitative estimate of drug-likeness (QED) is 0.414.